The summed E-state index contributed by atoms with van der Waals surface area (Å²) in [5.74, 6) is 0. The van der Waals surface area contributed by atoms with Gasteiger partial charge in [-0.25, -0.2) is 0 Å². The molecular formula is C13H26N2. The summed E-state index contributed by atoms with van der Waals surface area (Å²) in [5, 5.41) is 3.68. The molecule has 15 heavy (non-hydrogen) atoms. The second kappa shape index (κ2) is 5.31. The molecule has 0 spiro atoms. The van der Waals surface area contributed by atoms with Crippen molar-refractivity contribution < 1.29 is 0 Å². The molecule has 0 amide bonds. The van der Waals surface area contributed by atoms with Crippen LogP contribution in [0.5, 0.6) is 0 Å². The second-order valence-corrected chi connectivity index (χ2v) is 5.35. The summed E-state index contributed by atoms with van der Waals surface area (Å²) >= 11 is 0. The van der Waals surface area contributed by atoms with Gasteiger partial charge in [0.15, 0.2) is 0 Å². The fourth-order valence-corrected chi connectivity index (χ4v) is 2.83. The van der Waals surface area contributed by atoms with E-state index in [0.717, 1.165) is 18.1 Å². The van der Waals surface area contributed by atoms with Crippen molar-refractivity contribution in [3.63, 3.8) is 0 Å². The summed E-state index contributed by atoms with van der Waals surface area (Å²) < 4.78 is 0. The van der Waals surface area contributed by atoms with Gasteiger partial charge in [0.05, 0.1) is 0 Å². The second-order valence-electron chi connectivity index (χ2n) is 5.35. The number of rotatable bonds is 6. The number of nitrogens with zero attached hydrogens (tertiary/aromatic N) is 1. The van der Waals surface area contributed by atoms with Crippen molar-refractivity contribution in [2.24, 2.45) is 0 Å². The molecule has 2 nitrogen and oxygen atoms in total. The maximum Gasteiger partial charge on any atom is 0.0224 e. The Bertz CT molecular complexity index is 189. The molecule has 2 rings (SSSR count). The van der Waals surface area contributed by atoms with Crippen LogP contribution in [0.15, 0.2) is 0 Å². The molecule has 1 saturated heterocycles. The highest BCUT2D eigenvalue weighted by Gasteiger charge is 2.29. The fraction of sp³-hybridized carbons (Fsp3) is 1.00. The van der Waals surface area contributed by atoms with Crippen LogP contribution in [0.2, 0.25) is 0 Å². The van der Waals surface area contributed by atoms with Crippen LogP contribution < -0.4 is 5.32 Å². The van der Waals surface area contributed by atoms with Gasteiger partial charge < -0.3 is 5.32 Å². The van der Waals surface area contributed by atoms with Crippen molar-refractivity contribution >= 4 is 0 Å². The molecule has 1 aliphatic carbocycles. The first-order valence-corrected chi connectivity index (χ1v) is 6.80. The fourth-order valence-electron chi connectivity index (χ4n) is 2.83. The van der Waals surface area contributed by atoms with Crippen molar-refractivity contribution in [2.75, 3.05) is 13.1 Å². The van der Waals surface area contributed by atoms with Crippen LogP contribution in [-0.2, 0) is 0 Å². The Morgan fingerprint density at radius 2 is 2.13 bits per heavy atom. The van der Waals surface area contributed by atoms with Crippen LogP contribution in [-0.4, -0.2) is 36.1 Å². The zero-order valence-electron chi connectivity index (χ0n) is 10.3. The van der Waals surface area contributed by atoms with Gasteiger partial charge in [0.2, 0.25) is 0 Å². The molecule has 0 bridgehead atoms. The lowest BCUT2D eigenvalue weighted by Gasteiger charge is -2.30. The lowest BCUT2D eigenvalue weighted by atomic mass is 10.1. The highest BCUT2D eigenvalue weighted by Crippen LogP contribution is 2.24. The molecule has 0 aromatic rings. The SMILES string of the molecule is CCCC(C)N1CCCC1CNC1CC1. The minimum atomic E-state index is 0.795. The first-order chi connectivity index (χ1) is 7.31. The Morgan fingerprint density at radius 3 is 2.80 bits per heavy atom. The molecule has 2 unspecified atom stereocenters. The van der Waals surface area contributed by atoms with Crippen LogP contribution in [0.1, 0.15) is 52.4 Å². The Labute approximate surface area is 94.4 Å². The van der Waals surface area contributed by atoms with Gasteiger partial charge in [-0.2, -0.15) is 0 Å². The third kappa shape index (κ3) is 3.18. The predicted octanol–water partition coefficient (Wildman–Crippen LogP) is 2.39. The number of hydrogen-bond donors (Lipinski definition) is 1. The number of hydrogen-bond acceptors (Lipinski definition) is 2. The Balaban J connectivity index is 1.75. The molecule has 2 heteroatoms. The zero-order valence-corrected chi connectivity index (χ0v) is 10.3. The third-order valence-corrected chi connectivity index (χ3v) is 3.91. The quantitative estimate of drug-likeness (QED) is 0.724. The van der Waals surface area contributed by atoms with Crippen molar-refractivity contribution in [3.8, 4) is 0 Å². The van der Waals surface area contributed by atoms with E-state index in [1.165, 1.54) is 51.6 Å². The van der Waals surface area contributed by atoms with Gasteiger partial charge in [-0.3, -0.25) is 4.90 Å². The molecule has 1 heterocycles. The normalized spacial score (nSPS) is 29.6. The van der Waals surface area contributed by atoms with Gasteiger partial charge in [0.1, 0.15) is 0 Å². The van der Waals surface area contributed by atoms with E-state index in [0.29, 0.717) is 0 Å². The first-order valence-electron chi connectivity index (χ1n) is 6.80. The van der Waals surface area contributed by atoms with Crippen molar-refractivity contribution in [3.05, 3.63) is 0 Å². The van der Waals surface area contributed by atoms with Gasteiger partial charge in [0.25, 0.3) is 0 Å². The zero-order chi connectivity index (χ0) is 10.7. The summed E-state index contributed by atoms with van der Waals surface area (Å²) in [7, 11) is 0. The van der Waals surface area contributed by atoms with E-state index >= 15 is 0 Å². The van der Waals surface area contributed by atoms with Crippen LogP contribution in [0.3, 0.4) is 0 Å². The molecule has 2 atom stereocenters. The minimum absolute atomic E-state index is 0.795. The average Bonchev–Trinajstić information content (AvgIpc) is 2.93. The highest BCUT2D eigenvalue weighted by molar-refractivity contribution is 4.88. The summed E-state index contributed by atoms with van der Waals surface area (Å²) in [4.78, 5) is 2.74. The summed E-state index contributed by atoms with van der Waals surface area (Å²) in [6.45, 7) is 7.26. The molecule has 0 aromatic heterocycles. The molecule has 1 N–H and O–H groups in total. The Hall–Kier alpha value is -0.0800. The van der Waals surface area contributed by atoms with Crippen molar-refractivity contribution in [2.45, 2.75) is 70.5 Å². The van der Waals surface area contributed by atoms with Gasteiger partial charge in [0, 0.05) is 24.7 Å². The molecule has 1 saturated carbocycles. The van der Waals surface area contributed by atoms with Gasteiger partial charge in [-0.15, -0.1) is 0 Å². The lowest BCUT2D eigenvalue weighted by molar-refractivity contribution is 0.178. The molecular weight excluding hydrogens is 184 g/mol. The number of likely N-dealkylation sites (tertiary alicyclic amines) is 1. The van der Waals surface area contributed by atoms with Crippen molar-refractivity contribution in [1.82, 2.24) is 10.2 Å². The average molecular weight is 210 g/mol. The monoisotopic (exact) mass is 210 g/mol. The van der Waals surface area contributed by atoms with Gasteiger partial charge in [-0.05, 0) is 45.6 Å². The van der Waals surface area contributed by atoms with Crippen LogP contribution in [0, 0.1) is 0 Å². The van der Waals surface area contributed by atoms with E-state index in [-0.39, 0.29) is 0 Å². The van der Waals surface area contributed by atoms with Crippen LogP contribution in [0.25, 0.3) is 0 Å². The highest BCUT2D eigenvalue weighted by atomic mass is 15.2. The Kier molecular flexibility index (Phi) is 4.04. The largest absolute Gasteiger partial charge is 0.312 e. The van der Waals surface area contributed by atoms with Gasteiger partial charge in [-0.1, -0.05) is 13.3 Å². The molecule has 0 aromatic carbocycles. The van der Waals surface area contributed by atoms with E-state index in [2.05, 4.69) is 24.1 Å². The van der Waals surface area contributed by atoms with E-state index in [1.807, 2.05) is 0 Å². The van der Waals surface area contributed by atoms with E-state index in [1.54, 1.807) is 0 Å². The summed E-state index contributed by atoms with van der Waals surface area (Å²) in [5.41, 5.74) is 0. The first kappa shape index (κ1) is 11.4. The van der Waals surface area contributed by atoms with Crippen LogP contribution in [0.4, 0.5) is 0 Å². The topological polar surface area (TPSA) is 15.3 Å². The molecule has 0 radical (unpaired) electrons. The third-order valence-electron chi connectivity index (χ3n) is 3.91. The maximum atomic E-state index is 3.68. The standard InChI is InChI=1S/C13H26N2/c1-3-5-11(2)15-9-4-6-13(15)10-14-12-7-8-12/h11-14H,3-10H2,1-2H3. The number of nitrogens with one attached hydrogen (secondary N) is 1. The summed E-state index contributed by atoms with van der Waals surface area (Å²) in [6, 6.07) is 2.49. The van der Waals surface area contributed by atoms with E-state index in [4.69, 9.17) is 0 Å². The smallest absolute Gasteiger partial charge is 0.0224 e. The Morgan fingerprint density at radius 1 is 1.33 bits per heavy atom. The lowest BCUT2D eigenvalue weighted by Crippen LogP contribution is -2.43. The molecule has 2 aliphatic rings. The minimum Gasteiger partial charge on any atom is -0.312 e. The molecule has 2 fully saturated rings. The summed E-state index contributed by atoms with van der Waals surface area (Å²) in [6.07, 6.45) is 8.33. The van der Waals surface area contributed by atoms with E-state index in [9.17, 15) is 0 Å². The van der Waals surface area contributed by atoms with Crippen LogP contribution >= 0.6 is 0 Å². The predicted molar refractivity (Wildman–Crippen MR) is 65.1 cm³/mol. The van der Waals surface area contributed by atoms with E-state index < -0.39 is 0 Å². The maximum absolute atomic E-state index is 3.68. The van der Waals surface area contributed by atoms with Gasteiger partial charge >= 0.3 is 0 Å². The van der Waals surface area contributed by atoms with Crippen molar-refractivity contribution in [1.29, 1.82) is 0 Å². The molecule has 88 valence electrons. The molecule has 1 aliphatic heterocycles.